The molecule has 2 aromatic carbocycles. The summed E-state index contributed by atoms with van der Waals surface area (Å²) in [7, 11) is 0. The second kappa shape index (κ2) is 6.41. The Morgan fingerprint density at radius 3 is 2.25 bits per heavy atom. The number of halogens is 2. The molecule has 0 aliphatic heterocycles. The number of alkyl halides is 1. The predicted octanol–water partition coefficient (Wildman–Crippen LogP) is 5.66. The van der Waals surface area contributed by atoms with Crippen LogP contribution in [0.1, 0.15) is 41.5 Å². The Labute approximate surface area is 125 Å². The van der Waals surface area contributed by atoms with Gasteiger partial charge in [0.2, 0.25) is 0 Å². The van der Waals surface area contributed by atoms with E-state index in [0.717, 1.165) is 23.1 Å². The van der Waals surface area contributed by atoms with Gasteiger partial charge in [0.15, 0.2) is 0 Å². The lowest BCUT2D eigenvalue weighted by atomic mass is 9.97. The van der Waals surface area contributed by atoms with Crippen molar-refractivity contribution in [2.75, 3.05) is 0 Å². The maximum Gasteiger partial charge on any atom is 0.123 e. The molecule has 2 heteroatoms. The van der Waals surface area contributed by atoms with Crippen LogP contribution in [0.4, 0.5) is 4.39 Å². The fourth-order valence-corrected chi connectivity index (χ4v) is 2.79. The molecule has 1 atom stereocenters. The predicted molar refractivity (Wildman–Crippen MR) is 83.8 cm³/mol. The first kappa shape index (κ1) is 15.1. The molecule has 0 aliphatic carbocycles. The van der Waals surface area contributed by atoms with Gasteiger partial charge in [-0.1, -0.05) is 44.2 Å². The van der Waals surface area contributed by atoms with Crippen molar-refractivity contribution in [3.05, 3.63) is 70.5 Å². The number of benzene rings is 2. The highest BCUT2D eigenvalue weighted by Crippen LogP contribution is 2.31. The van der Waals surface area contributed by atoms with Crippen LogP contribution in [0.3, 0.4) is 0 Å². The second-order valence-electron chi connectivity index (χ2n) is 5.70. The standard InChI is InChI=1S/C18H20ClF/c1-12(2)10-14-4-6-15(7-5-14)18(19)17-9-8-16(20)11-13(17)3/h4-9,11-12,18H,10H2,1-3H3. The zero-order valence-corrected chi connectivity index (χ0v) is 12.9. The molecule has 20 heavy (non-hydrogen) atoms. The van der Waals surface area contributed by atoms with Gasteiger partial charge in [0.25, 0.3) is 0 Å². The van der Waals surface area contributed by atoms with E-state index in [4.69, 9.17) is 11.6 Å². The summed E-state index contributed by atoms with van der Waals surface area (Å²) in [4.78, 5) is 0. The lowest BCUT2D eigenvalue weighted by Crippen LogP contribution is -1.98. The molecular formula is C18H20ClF. The van der Waals surface area contributed by atoms with Crippen molar-refractivity contribution in [2.45, 2.75) is 32.6 Å². The van der Waals surface area contributed by atoms with E-state index in [0.29, 0.717) is 5.92 Å². The molecule has 2 rings (SSSR count). The molecule has 106 valence electrons. The topological polar surface area (TPSA) is 0 Å². The Morgan fingerprint density at radius 1 is 1.05 bits per heavy atom. The lowest BCUT2D eigenvalue weighted by molar-refractivity contribution is 0.625. The molecule has 0 fully saturated rings. The molecule has 0 amide bonds. The smallest absolute Gasteiger partial charge is 0.123 e. The lowest BCUT2D eigenvalue weighted by Gasteiger charge is -2.14. The summed E-state index contributed by atoms with van der Waals surface area (Å²) < 4.78 is 13.1. The van der Waals surface area contributed by atoms with Gasteiger partial charge in [-0.3, -0.25) is 0 Å². The van der Waals surface area contributed by atoms with Crippen molar-refractivity contribution >= 4 is 11.6 Å². The first-order chi connectivity index (χ1) is 9.47. The maximum atomic E-state index is 13.1. The fraction of sp³-hybridized carbons (Fsp3) is 0.333. The van der Waals surface area contributed by atoms with Gasteiger partial charge in [-0.15, -0.1) is 11.6 Å². The van der Waals surface area contributed by atoms with E-state index in [1.54, 1.807) is 6.07 Å². The van der Waals surface area contributed by atoms with Gasteiger partial charge < -0.3 is 0 Å². The number of hydrogen-bond acceptors (Lipinski definition) is 0. The molecule has 0 N–H and O–H groups in total. The molecule has 0 nitrogen and oxygen atoms in total. The van der Waals surface area contributed by atoms with E-state index < -0.39 is 0 Å². The molecule has 0 aromatic heterocycles. The number of rotatable bonds is 4. The first-order valence-corrected chi connectivity index (χ1v) is 7.40. The SMILES string of the molecule is Cc1cc(F)ccc1C(Cl)c1ccc(CC(C)C)cc1. The molecule has 0 saturated carbocycles. The summed E-state index contributed by atoms with van der Waals surface area (Å²) in [6.45, 7) is 6.31. The van der Waals surface area contributed by atoms with Crippen LogP contribution in [0.15, 0.2) is 42.5 Å². The zero-order valence-electron chi connectivity index (χ0n) is 12.2. The highest BCUT2D eigenvalue weighted by molar-refractivity contribution is 6.22. The molecule has 2 aromatic rings. The van der Waals surface area contributed by atoms with Crippen molar-refractivity contribution in [1.82, 2.24) is 0 Å². The molecular weight excluding hydrogens is 271 g/mol. The van der Waals surface area contributed by atoms with Crippen LogP contribution < -0.4 is 0 Å². The molecule has 1 unspecified atom stereocenters. The van der Waals surface area contributed by atoms with E-state index in [9.17, 15) is 4.39 Å². The molecule has 0 heterocycles. The van der Waals surface area contributed by atoms with Crippen molar-refractivity contribution in [3.8, 4) is 0 Å². The van der Waals surface area contributed by atoms with Gasteiger partial charge in [-0.2, -0.15) is 0 Å². The molecule has 0 aliphatic rings. The van der Waals surface area contributed by atoms with Crippen LogP contribution >= 0.6 is 11.6 Å². The van der Waals surface area contributed by atoms with Gasteiger partial charge in [0.05, 0.1) is 5.38 Å². The van der Waals surface area contributed by atoms with Crippen molar-refractivity contribution in [3.63, 3.8) is 0 Å². The van der Waals surface area contributed by atoms with E-state index in [1.807, 2.05) is 6.92 Å². The summed E-state index contributed by atoms with van der Waals surface area (Å²) in [5, 5.41) is -0.233. The summed E-state index contributed by atoms with van der Waals surface area (Å²) in [5.74, 6) is 0.425. The average Bonchev–Trinajstić information content (AvgIpc) is 2.38. The van der Waals surface area contributed by atoms with Crippen LogP contribution in [-0.4, -0.2) is 0 Å². The summed E-state index contributed by atoms with van der Waals surface area (Å²) in [5.41, 5.74) is 4.22. The maximum absolute atomic E-state index is 13.1. The summed E-state index contributed by atoms with van der Waals surface area (Å²) in [6, 6.07) is 13.1. The van der Waals surface area contributed by atoms with Crippen LogP contribution in [0.2, 0.25) is 0 Å². The van der Waals surface area contributed by atoms with Gasteiger partial charge in [-0.25, -0.2) is 4.39 Å². The minimum absolute atomic E-state index is 0.220. The van der Waals surface area contributed by atoms with E-state index in [-0.39, 0.29) is 11.2 Å². The minimum atomic E-state index is -0.233. The third-order valence-corrected chi connectivity index (χ3v) is 3.91. The van der Waals surface area contributed by atoms with Crippen molar-refractivity contribution in [1.29, 1.82) is 0 Å². The largest absolute Gasteiger partial charge is 0.207 e. The van der Waals surface area contributed by atoms with Crippen molar-refractivity contribution in [2.24, 2.45) is 5.92 Å². The Morgan fingerprint density at radius 2 is 1.70 bits per heavy atom. The zero-order chi connectivity index (χ0) is 14.7. The molecule has 0 radical (unpaired) electrons. The van der Waals surface area contributed by atoms with Gasteiger partial charge in [-0.05, 0) is 53.6 Å². The molecule has 0 spiro atoms. The highest BCUT2D eigenvalue weighted by Gasteiger charge is 2.13. The van der Waals surface area contributed by atoms with Crippen LogP contribution in [0, 0.1) is 18.7 Å². The van der Waals surface area contributed by atoms with E-state index in [1.165, 1.54) is 17.7 Å². The quantitative estimate of drug-likeness (QED) is 0.637. The van der Waals surface area contributed by atoms with Crippen molar-refractivity contribution < 1.29 is 4.39 Å². The normalized spacial score (nSPS) is 12.7. The minimum Gasteiger partial charge on any atom is -0.207 e. The second-order valence-corrected chi connectivity index (χ2v) is 6.14. The van der Waals surface area contributed by atoms with Crippen LogP contribution in [0.25, 0.3) is 0 Å². The van der Waals surface area contributed by atoms with E-state index >= 15 is 0 Å². The van der Waals surface area contributed by atoms with Crippen LogP contribution in [0.5, 0.6) is 0 Å². The molecule has 0 bridgehead atoms. The Balaban J connectivity index is 2.22. The third kappa shape index (κ3) is 3.61. The van der Waals surface area contributed by atoms with Crippen LogP contribution in [-0.2, 0) is 6.42 Å². The third-order valence-electron chi connectivity index (χ3n) is 3.42. The summed E-state index contributed by atoms with van der Waals surface area (Å²) in [6.07, 6.45) is 1.07. The monoisotopic (exact) mass is 290 g/mol. The summed E-state index contributed by atoms with van der Waals surface area (Å²) >= 11 is 6.52. The number of hydrogen-bond donors (Lipinski definition) is 0. The Hall–Kier alpha value is -1.34. The Bertz CT molecular complexity index is 572. The fourth-order valence-electron chi connectivity index (χ4n) is 2.40. The van der Waals surface area contributed by atoms with Gasteiger partial charge in [0.1, 0.15) is 5.82 Å². The Kier molecular flexibility index (Phi) is 4.82. The average molecular weight is 291 g/mol. The molecule has 0 saturated heterocycles. The van der Waals surface area contributed by atoms with E-state index in [2.05, 4.69) is 38.1 Å². The first-order valence-electron chi connectivity index (χ1n) is 6.96. The van der Waals surface area contributed by atoms with Gasteiger partial charge >= 0.3 is 0 Å². The highest BCUT2D eigenvalue weighted by atomic mass is 35.5. The number of aryl methyl sites for hydroxylation is 1. The van der Waals surface area contributed by atoms with Gasteiger partial charge in [0, 0.05) is 0 Å².